The first-order valence-corrected chi connectivity index (χ1v) is 5.81. The van der Waals surface area contributed by atoms with Crippen LogP contribution in [0.2, 0.25) is 0 Å². The van der Waals surface area contributed by atoms with E-state index >= 15 is 0 Å². The second-order valence-corrected chi connectivity index (χ2v) is 5.62. The third-order valence-electron chi connectivity index (χ3n) is 2.54. The Kier molecular flexibility index (Phi) is 2.47. The van der Waals surface area contributed by atoms with Gasteiger partial charge in [0.25, 0.3) is 0 Å². The van der Waals surface area contributed by atoms with Crippen molar-refractivity contribution in [1.82, 2.24) is 0 Å². The Bertz CT molecular complexity index is 314. The molecule has 1 rings (SSSR count). The zero-order chi connectivity index (χ0) is 10.1. The molecule has 4 nitrogen and oxygen atoms in total. The summed E-state index contributed by atoms with van der Waals surface area (Å²) in [6.45, 7) is 3.45. The normalized spacial score (nSPS) is 24.9. The Morgan fingerprint density at radius 2 is 1.85 bits per heavy atom. The predicted octanol–water partition coefficient (Wildman–Crippen LogP) is 0.452. The molecule has 0 unspecified atom stereocenters. The van der Waals surface area contributed by atoms with Gasteiger partial charge in [0.05, 0.1) is 16.9 Å². The van der Waals surface area contributed by atoms with Gasteiger partial charge in [-0.15, -0.1) is 6.58 Å². The number of carbonyl (C=O) groups is 1. The van der Waals surface area contributed by atoms with Crippen molar-refractivity contribution in [2.45, 2.75) is 12.8 Å². The van der Waals surface area contributed by atoms with E-state index in [1.54, 1.807) is 0 Å². The van der Waals surface area contributed by atoms with Crippen molar-refractivity contribution >= 4 is 15.8 Å². The van der Waals surface area contributed by atoms with E-state index in [0.29, 0.717) is 0 Å². The third-order valence-corrected chi connectivity index (χ3v) is 4.19. The minimum atomic E-state index is -3.01. The van der Waals surface area contributed by atoms with Gasteiger partial charge in [-0.3, -0.25) is 4.79 Å². The molecule has 0 radical (unpaired) electrons. The van der Waals surface area contributed by atoms with Gasteiger partial charge in [0, 0.05) is 0 Å². The maximum absolute atomic E-state index is 11.0. The first-order valence-electron chi connectivity index (χ1n) is 3.99. The molecule has 0 bridgehead atoms. The number of hydrogen-bond acceptors (Lipinski definition) is 3. The van der Waals surface area contributed by atoms with Crippen LogP contribution in [0.1, 0.15) is 12.8 Å². The lowest BCUT2D eigenvalue weighted by Crippen LogP contribution is -2.38. The van der Waals surface area contributed by atoms with Crippen LogP contribution in [0, 0.1) is 5.41 Å². The number of hydrogen-bond donors (Lipinski definition) is 1. The first kappa shape index (κ1) is 10.2. The van der Waals surface area contributed by atoms with E-state index in [2.05, 4.69) is 6.58 Å². The quantitative estimate of drug-likeness (QED) is 0.663. The highest BCUT2D eigenvalue weighted by Crippen LogP contribution is 2.33. The third kappa shape index (κ3) is 1.91. The molecule has 1 fully saturated rings. The number of sulfone groups is 1. The van der Waals surface area contributed by atoms with Crippen molar-refractivity contribution in [1.29, 1.82) is 0 Å². The second kappa shape index (κ2) is 3.14. The summed E-state index contributed by atoms with van der Waals surface area (Å²) in [5.74, 6) is -1.08. The van der Waals surface area contributed by atoms with E-state index in [9.17, 15) is 13.2 Å². The SMILES string of the molecule is C=CC1(C(=O)O)CCS(=O)(=O)CC1. The molecule has 0 aromatic carbocycles. The number of aliphatic carboxylic acids is 1. The van der Waals surface area contributed by atoms with Gasteiger partial charge in [-0.25, -0.2) is 8.42 Å². The number of carboxylic acids is 1. The molecule has 0 aliphatic carbocycles. The fraction of sp³-hybridized carbons (Fsp3) is 0.625. The number of carboxylic acid groups (broad SMARTS) is 1. The lowest BCUT2D eigenvalue weighted by Gasteiger charge is -2.29. The average Bonchev–Trinajstić information content (AvgIpc) is 2.05. The van der Waals surface area contributed by atoms with Gasteiger partial charge in [-0.05, 0) is 12.8 Å². The molecule has 1 aliphatic rings. The second-order valence-electron chi connectivity index (χ2n) is 3.32. The van der Waals surface area contributed by atoms with E-state index in [1.807, 2.05) is 0 Å². The summed E-state index contributed by atoms with van der Waals surface area (Å²) in [6.07, 6.45) is 1.65. The first-order chi connectivity index (χ1) is 5.92. The molecule has 1 N–H and O–H groups in total. The van der Waals surface area contributed by atoms with Gasteiger partial charge in [-0.2, -0.15) is 0 Å². The van der Waals surface area contributed by atoms with Crippen LogP contribution in [-0.4, -0.2) is 31.0 Å². The van der Waals surface area contributed by atoms with Crippen LogP contribution in [0.25, 0.3) is 0 Å². The lowest BCUT2D eigenvalue weighted by atomic mass is 9.82. The van der Waals surface area contributed by atoms with E-state index in [1.165, 1.54) is 6.08 Å². The molecule has 13 heavy (non-hydrogen) atoms. The van der Waals surface area contributed by atoms with Crippen LogP contribution in [0.4, 0.5) is 0 Å². The summed E-state index contributed by atoms with van der Waals surface area (Å²) in [5, 5.41) is 8.89. The molecule has 0 spiro atoms. The van der Waals surface area contributed by atoms with Crippen molar-refractivity contribution in [3.05, 3.63) is 12.7 Å². The summed E-state index contributed by atoms with van der Waals surface area (Å²) < 4.78 is 22.1. The van der Waals surface area contributed by atoms with Gasteiger partial charge in [0.2, 0.25) is 0 Å². The smallest absolute Gasteiger partial charge is 0.313 e. The zero-order valence-electron chi connectivity index (χ0n) is 7.19. The van der Waals surface area contributed by atoms with Crippen molar-refractivity contribution in [2.75, 3.05) is 11.5 Å². The molecule has 0 aromatic heterocycles. The fourth-order valence-corrected chi connectivity index (χ4v) is 2.96. The Morgan fingerprint density at radius 3 is 2.15 bits per heavy atom. The van der Waals surface area contributed by atoms with Crippen molar-refractivity contribution in [3.8, 4) is 0 Å². The van der Waals surface area contributed by atoms with Crippen molar-refractivity contribution in [3.63, 3.8) is 0 Å². The zero-order valence-corrected chi connectivity index (χ0v) is 8.01. The van der Waals surface area contributed by atoms with Crippen LogP contribution < -0.4 is 0 Å². The highest BCUT2D eigenvalue weighted by Gasteiger charge is 2.40. The Hall–Kier alpha value is -0.840. The van der Waals surface area contributed by atoms with Gasteiger partial charge < -0.3 is 5.11 Å². The summed E-state index contributed by atoms with van der Waals surface area (Å²) in [4.78, 5) is 10.9. The Balaban J connectivity index is 2.87. The van der Waals surface area contributed by atoms with Crippen LogP contribution >= 0.6 is 0 Å². The van der Waals surface area contributed by atoms with Crippen LogP contribution in [-0.2, 0) is 14.6 Å². The molecule has 0 amide bonds. The number of rotatable bonds is 2. The summed E-state index contributed by atoms with van der Waals surface area (Å²) in [7, 11) is -3.01. The maximum Gasteiger partial charge on any atom is 0.313 e. The van der Waals surface area contributed by atoms with Crippen LogP contribution in [0.3, 0.4) is 0 Å². The molecular weight excluding hydrogens is 192 g/mol. The largest absolute Gasteiger partial charge is 0.481 e. The van der Waals surface area contributed by atoms with Gasteiger partial charge in [0.1, 0.15) is 9.84 Å². The maximum atomic E-state index is 11.0. The summed E-state index contributed by atoms with van der Waals surface area (Å²) >= 11 is 0. The van der Waals surface area contributed by atoms with Gasteiger partial charge >= 0.3 is 5.97 Å². The highest BCUT2D eigenvalue weighted by atomic mass is 32.2. The average molecular weight is 204 g/mol. The van der Waals surface area contributed by atoms with E-state index in [0.717, 1.165) is 0 Å². The van der Waals surface area contributed by atoms with Crippen LogP contribution in [0.15, 0.2) is 12.7 Å². The Labute approximate surface area is 77.2 Å². The van der Waals surface area contributed by atoms with Gasteiger partial charge in [-0.1, -0.05) is 6.08 Å². The summed E-state index contributed by atoms with van der Waals surface area (Å²) in [6, 6.07) is 0. The molecule has 0 aromatic rings. The molecule has 1 aliphatic heterocycles. The monoisotopic (exact) mass is 204 g/mol. The minimum absolute atomic E-state index is 0.0503. The molecule has 74 valence electrons. The topological polar surface area (TPSA) is 71.4 Å². The van der Waals surface area contributed by atoms with Crippen LogP contribution in [0.5, 0.6) is 0 Å². The van der Waals surface area contributed by atoms with Gasteiger partial charge in [0.15, 0.2) is 0 Å². The summed E-state index contributed by atoms with van der Waals surface area (Å²) in [5.41, 5.74) is -1.02. The molecule has 1 saturated heterocycles. The van der Waals surface area contributed by atoms with E-state index in [-0.39, 0.29) is 24.3 Å². The van der Waals surface area contributed by atoms with E-state index < -0.39 is 21.2 Å². The molecule has 5 heteroatoms. The van der Waals surface area contributed by atoms with E-state index in [4.69, 9.17) is 5.11 Å². The standard InChI is InChI=1S/C8H12O4S/c1-2-8(7(9)10)3-5-13(11,12)6-4-8/h2H,1,3-6H2,(H,9,10). The predicted molar refractivity (Wildman–Crippen MR) is 48.2 cm³/mol. The fourth-order valence-electron chi connectivity index (χ4n) is 1.41. The minimum Gasteiger partial charge on any atom is -0.481 e. The molecule has 0 atom stereocenters. The molecule has 0 saturated carbocycles. The highest BCUT2D eigenvalue weighted by molar-refractivity contribution is 7.91. The van der Waals surface area contributed by atoms with Crippen molar-refractivity contribution in [2.24, 2.45) is 5.41 Å². The Morgan fingerprint density at radius 1 is 1.38 bits per heavy atom. The molecule has 1 heterocycles. The van der Waals surface area contributed by atoms with Crippen molar-refractivity contribution < 1.29 is 18.3 Å². The molecular formula is C8H12O4S. The lowest BCUT2D eigenvalue weighted by molar-refractivity contribution is -0.146.